The van der Waals surface area contributed by atoms with Crippen LogP contribution in [0.1, 0.15) is 22.0 Å². The molecule has 0 bridgehead atoms. The van der Waals surface area contributed by atoms with Gasteiger partial charge in [0.2, 0.25) is 0 Å². The van der Waals surface area contributed by atoms with Crippen LogP contribution in [0.4, 0.5) is 4.39 Å². The summed E-state index contributed by atoms with van der Waals surface area (Å²) >= 11 is 0. The number of carboxylic acid groups (broad SMARTS) is 1. The fraction of sp³-hybridized carbons (Fsp3) is 0.222. The van der Waals surface area contributed by atoms with Gasteiger partial charge >= 0.3 is 5.97 Å². The highest BCUT2D eigenvalue weighted by molar-refractivity contribution is 5.88. The zero-order chi connectivity index (χ0) is 10.7. The normalized spacial score (nSPS) is 12.5. The number of aromatic carboxylic acids is 1. The van der Waals surface area contributed by atoms with Crippen molar-refractivity contribution in [2.75, 3.05) is 6.61 Å². The number of aliphatic hydroxyl groups is 2. The van der Waals surface area contributed by atoms with E-state index in [1.54, 1.807) is 0 Å². The zero-order valence-corrected chi connectivity index (χ0v) is 7.14. The topological polar surface area (TPSA) is 77.8 Å². The summed E-state index contributed by atoms with van der Waals surface area (Å²) in [6.45, 7) is -0.653. The Kier molecular flexibility index (Phi) is 3.16. The van der Waals surface area contributed by atoms with Crippen molar-refractivity contribution in [3.8, 4) is 0 Å². The smallest absolute Gasteiger partial charge is 0.338 e. The predicted molar refractivity (Wildman–Crippen MR) is 45.4 cm³/mol. The lowest BCUT2D eigenvalue weighted by Gasteiger charge is -2.09. The zero-order valence-electron chi connectivity index (χ0n) is 7.14. The average molecular weight is 200 g/mol. The molecule has 0 aromatic heterocycles. The molecule has 0 saturated carbocycles. The lowest BCUT2D eigenvalue weighted by molar-refractivity contribution is 0.0687. The lowest BCUT2D eigenvalue weighted by atomic mass is 10.1. The Morgan fingerprint density at radius 2 is 2.14 bits per heavy atom. The van der Waals surface area contributed by atoms with E-state index in [2.05, 4.69) is 0 Å². The van der Waals surface area contributed by atoms with Crippen molar-refractivity contribution in [3.05, 3.63) is 35.1 Å². The fourth-order valence-electron chi connectivity index (χ4n) is 1.07. The SMILES string of the molecule is O=C(O)c1cccc([C@@H](O)CO)c1F. The summed E-state index contributed by atoms with van der Waals surface area (Å²) in [6.07, 6.45) is -1.39. The third-order valence-electron chi connectivity index (χ3n) is 1.79. The number of benzene rings is 1. The van der Waals surface area contributed by atoms with Crippen LogP contribution < -0.4 is 0 Å². The lowest BCUT2D eigenvalue weighted by Crippen LogP contribution is -2.09. The van der Waals surface area contributed by atoms with Crippen LogP contribution >= 0.6 is 0 Å². The first-order chi connectivity index (χ1) is 6.57. The van der Waals surface area contributed by atoms with Crippen LogP contribution in [-0.2, 0) is 0 Å². The molecule has 0 radical (unpaired) electrons. The summed E-state index contributed by atoms with van der Waals surface area (Å²) in [4.78, 5) is 10.5. The van der Waals surface area contributed by atoms with E-state index in [-0.39, 0.29) is 5.56 Å². The van der Waals surface area contributed by atoms with Gasteiger partial charge in [0, 0.05) is 5.56 Å². The molecule has 14 heavy (non-hydrogen) atoms. The van der Waals surface area contributed by atoms with Gasteiger partial charge in [-0.3, -0.25) is 0 Å². The van der Waals surface area contributed by atoms with Crippen LogP contribution in [0.5, 0.6) is 0 Å². The number of carbonyl (C=O) groups is 1. The van der Waals surface area contributed by atoms with Crippen LogP contribution in [0, 0.1) is 5.82 Å². The van der Waals surface area contributed by atoms with Gasteiger partial charge in [-0.05, 0) is 6.07 Å². The largest absolute Gasteiger partial charge is 0.478 e. The van der Waals surface area contributed by atoms with E-state index < -0.39 is 30.1 Å². The molecule has 0 spiro atoms. The Morgan fingerprint density at radius 1 is 1.50 bits per heavy atom. The van der Waals surface area contributed by atoms with E-state index in [1.165, 1.54) is 12.1 Å². The van der Waals surface area contributed by atoms with Gasteiger partial charge in [0.1, 0.15) is 11.9 Å². The van der Waals surface area contributed by atoms with Gasteiger partial charge in [-0.25, -0.2) is 9.18 Å². The van der Waals surface area contributed by atoms with Crippen LogP contribution in [0.3, 0.4) is 0 Å². The average Bonchev–Trinajstić information content (AvgIpc) is 2.16. The molecule has 0 amide bonds. The minimum atomic E-state index is -1.41. The van der Waals surface area contributed by atoms with E-state index in [0.717, 1.165) is 6.07 Å². The number of rotatable bonds is 3. The maximum atomic E-state index is 13.3. The van der Waals surface area contributed by atoms with E-state index in [0.29, 0.717) is 0 Å². The summed E-state index contributed by atoms with van der Waals surface area (Å²) in [5, 5.41) is 26.3. The molecule has 0 aliphatic rings. The molecular weight excluding hydrogens is 191 g/mol. The molecular formula is C9H9FO4. The van der Waals surface area contributed by atoms with Gasteiger partial charge in [0.05, 0.1) is 12.2 Å². The minimum absolute atomic E-state index is 0.215. The van der Waals surface area contributed by atoms with Crippen molar-refractivity contribution in [3.63, 3.8) is 0 Å². The Hall–Kier alpha value is -1.46. The third kappa shape index (κ3) is 1.89. The molecule has 76 valence electrons. The second-order valence-corrected chi connectivity index (χ2v) is 2.71. The van der Waals surface area contributed by atoms with E-state index in [1.807, 2.05) is 0 Å². The molecule has 0 unspecified atom stereocenters. The van der Waals surface area contributed by atoms with E-state index in [9.17, 15) is 9.18 Å². The first kappa shape index (κ1) is 10.6. The highest BCUT2D eigenvalue weighted by atomic mass is 19.1. The maximum Gasteiger partial charge on any atom is 0.338 e. The molecule has 1 aromatic rings. The molecule has 0 heterocycles. The highest BCUT2D eigenvalue weighted by Crippen LogP contribution is 2.19. The van der Waals surface area contributed by atoms with Gasteiger partial charge in [-0.2, -0.15) is 0 Å². The van der Waals surface area contributed by atoms with Crippen molar-refractivity contribution in [1.29, 1.82) is 0 Å². The van der Waals surface area contributed by atoms with Crippen LogP contribution in [-0.4, -0.2) is 27.9 Å². The second kappa shape index (κ2) is 4.17. The number of hydrogen-bond donors (Lipinski definition) is 3. The molecule has 0 fully saturated rings. The first-order valence-corrected chi connectivity index (χ1v) is 3.88. The molecule has 1 rings (SSSR count). The summed E-state index contributed by atoms with van der Waals surface area (Å²) in [5.74, 6) is -2.42. The van der Waals surface area contributed by atoms with Crippen molar-refractivity contribution < 1.29 is 24.5 Å². The summed E-state index contributed by atoms with van der Waals surface area (Å²) in [5.41, 5.74) is -0.734. The van der Waals surface area contributed by atoms with Crippen LogP contribution in [0.15, 0.2) is 18.2 Å². The Labute approximate surface area is 79.2 Å². The van der Waals surface area contributed by atoms with Gasteiger partial charge < -0.3 is 15.3 Å². The number of carboxylic acids is 1. The Morgan fingerprint density at radius 3 is 2.64 bits per heavy atom. The molecule has 3 N–H and O–H groups in total. The van der Waals surface area contributed by atoms with Gasteiger partial charge in [-0.15, -0.1) is 0 Å². The summed E-state index contributed by atoms with van der Waals surface area (Å²) < 4.78 is 13.3. The highest BCUT2D eigenvalue weighted by Gasteiger charge is 2.17. The molecule has 5 heteroatoms. The Balaban J connectivity index is 3.20. The third-order valence-corrected chi connectivity index (χ3v) is 1.79. The quantitative estimate of drug-likeness (QED) is 0.665. The first-order valence-electron chi connectivity index (χ1n) is 3.88. The van der Waals surface area contributed by atoms with Crippen molar-refractivity contribution in [1.82, 2.24) is 0 Å². The maximum absolute atomic E-state index is 13.3. The minimum Gasteiger partial charge on any atom is -0.478 e. The van der Waals surface area contributed by atoms with Crippen molar-refractivity contribution in [2.24, 2.45) is 0 Å². The molecule has 0 aliphatic heterocycles. The summed E-state index contributed by atoms with van der Waals surface area (Å²) in [6, 6.07) is 3.62. The predicted octanol–water partition coefficient (Wildman–Crippen LogP) is 0.550. The molecule has 0 saturated heterocycles. The van der Waals surface area contributed by atoms with Crippen molar-refractivity contribution >= 4 is 5.97 Å². The number of halogens is 1. The monoisotopic (exact) mass is 200 g/mol. The van der Waals surface area contributed by atoms with Gasteiger partial charge in [0.25, 0.3) is 0 Å². The van der Waals surface area contributed by atoms with E-state index in [4.69, 9.17) is 15.3 Å². The number of hydrogen-bond acceptors (Lipinski definition) is 3. The van der Waals surface area contributed by atoms with Gasteiger partial charge in [-0.1, -0.05) is 12.1 Å². The van der Waals surface area contributed by atoms with E-state index >= 15 is 0 Å². The summed E-state index contributed by atoms with van der Waals surface area (Å²) in [7, 11) is 0. The van der Waals surface area contributed by atoms with Crippen LogP contribution in [0.2, 0.25) is 0 Å². The van der Waals surface area contributed by atoms with Crippen molar-refractivity contribution in [2.45, 2.75) is 6.10 Å². The van der Waals surface area contributed by atoms with Gasteiger partial charge in [0.15, 0.2) is 0 Å². The fourth-order valence-corrected chi connectivity index (χ4v) is 1.07. The Bertz CT molecular complexity index is 351. The molecule has 1 aromatic carbocycles. The standard InChI is InChI=1S/C9H9FO4/c10-8-5(7(12)4-11)2-1-3-6(8)9(13)14/h1-3,7,11-12H,4H2,(H,13,14)/t7-/m0/s1. The second-order valence-electron chi connectivity index (χ2n) is 2.71. The number of aliphatic hydroxyl groups excluding tert-OH is 2. The molecule has 4 nitrogen and oxygen atoms in total. The molecule has 0 aliphatic carbocycles. The van der Waals surface area contributed by atoms with Crippen LogP contribution in [0.25, 0.3) is 0 Å². The molecule has 1 atom stereocenters.